The minimum atomic E-state index is -3.24. The van der Waals surface area contributed by atoms with Crippen LogP contribution in [0.4, 0.5) is 0 Å². The summed E-state index contributed by atoms with van der Waals surface area (Å²) in [5.41, 5.74) is 4.35. The molecule has 5 heteroatoms. The van der Waals surface area contributed by atoms with Crippen LogP contribution in [-0.4, -0.2) is 31.2 Å². The van der Waals surface area contributed by atoms with Crippen LogP contribution in [0.5, 0.6) is 0 Å². The standard InChI is InChI=1S/C23H26N2O2S/c1-17(13-21-14-19(11-12-24-21)18-7-3-2-4-8-18)28(26,27)16-20-15-25-23-10-6-5-9-22(20)23/h2-11,15,17,21,24-25H,12-14,16H2,1H3. The van der Waals surface area contributed by atoms with Crippen molar-refractivity contribution in [3.63, 3.8) is 0 Å². The summed E-state index contributed by atoms with van der Waals surface area (Å²) >= 11 is 0. The predicted octanol–water partition coefficient (Wildman–Crippen LogP) is 4.31. The van der Waals surface area contributed by atoms with Crippen LogP contribution in [0, 0.1) is 0 Å². The van der Waals surface area contributed by atoms with Gasteiger partial charge in [0.05, 0.1) is 11.0 Å². The van der Waals surface area contributed by atoms with Gasteiger partial charge in [0.25, 0.3) is 0 Å². The summed E-state index contributed by atoms with van der Waals surface area (Å²) < 4.78 is 26.0. The Morgan fingerprint density at radius 1 is 1.07 bits per heavy atom. The van der Waals surface area contributed by atoms with Gasteiger partial charge in [-0.25, -0.2) is 8.42 Å². The van der Waals surface area contributed by atoms with Gasteiger partial charge in [-0.2, -0.15) is 0 Å². The fourth-order valence-corrected chi connectivity index (χ4v) is 5.46. The van der Waals surface area contributed by atoms with Crippen molar-refractivity contribution in [3.8, 4) is 0 Å². The Bertz CT molecular complexity index is 1080. The van der Waals surface area contributed by atoms with Crippen LogP contribution in [0.1, 0.15) is 30.9 Å². The van der Waals surface area contributed by atoms with E-state index in [4.69, 9.17) is 0 Å². The molecule has 2 unspecified atom stereocenters. The summed E-state index contributed by atoms with van der Waals surface area (Å²) in [4.78, 5) is 3.17. The lowest BCUT2D eigenvalue weighted by Crippen LogP contribution is -2.37. The quantitative estimate of drug-likeness (QED) is 0.655. The summed E-state index contributed by atoms with van der Waals surface area (Å²) in [6, 6.07) is 18.3. The Kier molecular flexibility index (Phi) is 5.38. The van der Waals surface area contributed by atoms with E-state index in [2.05, 4.69) is 28.5 Å². The first-order valence-electron chi connectivity index (χ1n) is 9.77. The fourth-order valence-electron chi connectivity index (χ4n) is 3.98. The zero-order valence-corrected chi connectivity index (χ0v) is 16.9. The molecular formula is C23H26N2O2S. The molecule has 0 saturated carbocycles. The van der Waals surface area contributed by atoms with E-state index in [-0.39, 0.29) is 11.8 Å². The number of fused-ring (bicyclic) bond motifs is 1. The van der Waals surface area contributed by atoms with Crippen LogP contribution in [0.25, 0.3) is 16.5 Å². The van der Waals surface area contributed by atoms with Crippen molar-refractivity contribution in [2.24, 2.45) is 0 Å². The minimum absolute atomic E-state index is 0.0757. The third-order valence-electron chi connectivity index (χ3n) is 5.63. The molecule has 2 aromatic carbocycles. The fraction of sp³-hybridized carbons (Fsp3) is 0.304. The van der Waals surface area contributed by atoms with E-state index in [0.717, 1.165) is 29.4 Å². The number of aromatic amines is 1. The highest BCUT2D eigenvalue weighted by Gasteiger charge is 2.27. The Morgan fingerprint density at radius 3 is 2.64 bits per heavy atom. The summed E-state index contributed by atoms with van der Waals surface area (Å²) in [6.07, 6.45) is 5.51. The molecule has 146 valence electrons. The van der Waals surface area contributed by atoms with E-state index in [1.54, 1.807) is 0 Å². The predicted molar refractivity (Wildman–Crippen MR) is 116 cm³/mol. The summed E-state index contributed by atoms with van der Waals surface area (Å²) in [7, 11) is -3.24. The minimum Gasteiger partial charge on any atom is -0.361 e. The molecule has 0 saturated heterocycles. The molecule has 0 fully saturated rings. The zero-order chi connectivity index (χ0) is 19.6. The molecule has 0 spiro atoms. The summed E-state index contributed by atoms with van der Waals surface area (Å²) in [6.45, 7) is 2.62. The molecule has 1 aliphatic heterocycles. The van der Waals surface area contributed by atoms with E-state index in [0.29, 0.717) is 6.42 Å². The first kappa shape index (κ1) is 19.0. The topological polar surface area (TPSA) is 62.0 Å². The van der Waals surface area contributed by atoms with Gasteiger partial charge in [0.15, 0.2) is 9.84 Å². The molecule has 4 nitrogen and oxygen atoms in total. The zero-order valence-electron chi connectivity index (χ0n) is 16.1. The van der Waals surface area contributed by atoms with Crippen molar-refractivity contribution in [2.75, 3.05) is 6.54 Å². The van der Waals surface area contributed by atoms with Gasteiger partial charge in [-0.3, -0.25) is 0 Å². The van der Waals surface area contributed by atoms with Gasteiger partial charge in [-0.05, 0) is 42.5 Å². The number of hydrogen-bond donors (Lipinski definition) is 2. The number of hydrogen-bond acceptors (Lipinski definition) is 3. The highest BCUT2D eigenvalue weighted by Crippen LogP contribution is 2.27. The Hall–Kier alpha value is -2.37. The third-order valence-corrected chi connectivity index (χ3v) is 7.76. The largest absolute Gasteiger partial charge is 0.361 e. The van der Waals surface area contributed by atoms with Gasteiger partial charge in [-0.1, -0.05) is 54.6 Å². The monoisotopic (exact) mass is 394 g/mol. The summed E-state index contributed by atoms with van der Waals surface area (Å²) in [5, 5.41) is 4.06. The number of aromatic nitrogens is 1. The smallest absolute Gasteiger partial charge is 0.157 e. The molecule has 0 amide bonds. The van der Waals surface area contributed by atoms with Gasteiger partial charge in [0.2, 0.25) is 0 Å². The van der Waals surface area contributed by atoms with Crippen LogP contribution in [0.15, 0.2) is 66.9 Å². The molecule has 2 N–H and O–H groups in total. The molecular weight excluding hydrogens is 368 g/mol. The first-order chi connectivity index (χ1) is 13.5. The van der Waals surface area contributed by atoms with Crippen molar-refractivity contribution in [1.29, 1.82) is 0 Å². The maximum Gasteiger partial charge on any atom is 0.157 e. The maximum absolute atomic E-state index is 13.0. The van der Waals surface area contributed by atoms with Gasteiger partial charge in [0, 0.05) is 29.7 Å². The van der Waals surface area contributed by atoms with Crippen LogP contribution in [0.3, 0.4) is 0 Å². The number of sulfone groups is 1. The summed E-state index contributed by atoms with van der Waals surface area (Å²) in [5.74, 6) is 0.0757. The second-order valence-corrected chi connectivity index (χ2v) is 10.0. The Morgan fingerprint density at radius 2 is 1.82 bits per heavy atom. The molecule has 0 aliphatic carbocycles. The van der Waals surface area contributed by atoms with Gasteiger partial charge in [-0.15, -0.1) is 0 Å². The molecule has 1 aromatic heterocycles. The molecule has 2 heterocycles. The lowest BCUT2D eigenvalue weighted by Gasteiger charge is -2.27. The van der Waals surface area contributed by atoms with E-state index < -0.39 is 15.1 Å². The van der Waals surface area contributed by atoms with E-state index in [1.807, 2.05) is 55.6 Å². The number of rotatable bonds is 6. The maximum atomic E-state index is 13.0. The normalized spacial score (nSPS) is 18.8. The SMILES string of the molecule is CC(CC1CC(c2ccccc2)=CCN1)S(=O)(=O)Cc1c[nH]c2ccccc12. The highest BCUT2D eigenvalue weighted by atomic mass is 32.2. The lowest BCUT2D eigenvalue weighted by molar-refractivity contribution is 0.485. The Balaban J connectivity index is 1.44. The van der Waals surface area contributed by atoms with Crippen LogP contribution < -0.4 is 5.32 Å². The number of benzene rings is 2. The number of nitrogens with one attached hydrogen (secondary N) is 2. The van der Waals surface area contributed by atoms with Crippen molar-refractivity contribution in [1.82, 2.24) is 10.3 Å². The van der Waals surface area contributed by atoms with Crippen molar-refractivity contribution < 1.29 is 8.42 Å². The third kappa shape index (κ3) is 4.05. The molecule has 0 radical (unpaired) electrons. The second-order valence-electron chi connectivity index (χ2n) is 7.62. The van der Waals surface area contributed by atoms with Crippen molar-refractivity contribution in [2.45, 2.75) is 36.8 Å². The average Bonchev–Trinajstić information content (AvgIpc) is 3.11. The molecule has 4 rings (SSSR count). The Labute approximate surface area is 166 Å². The van der Waals surface area contributed by atoms with Crippen LogP contribution >= 0.6 is 0 Å². The number of para-hydroxylation sites is 1. The van der Waals surface area contributed by atoms with Crippen molar-refractivity contribution >= 4 is 26.3 Å². The van der Waals surface area contributed by atoms with Gasteiger partial charge < -0.3 is 10.3 Å². The van der Waals surface area contributed by atoms with Gasteiger partial charge >= 0.3 is 0 Å². The highest BCUT2D eigenvalue weighted by molar-refractivity contribution is 7.91. The van der Waals surface area contributed by atoms with E-state index >= 15 is 0 Å². The van der Waals surface area contributed by atoms with Crippen LogP contribution in [0.2, 0.25) is 0 Å². The average molecular weight is 395 g/mol. The molecule has 28 heavy (non-hydrogen) atoms. The van der Waals surface area contributed by atoms with Crippen LogP contribution in [-0.2, 0) is 15.6 Å². The molecule has 1 aliphatic rings. The molecule has 2 atom stereocenters. The first-order valence-corrected chi connectivity index (χ1v) is 11.5. The van der Waals surface area contributed by atoms with Gasteiger partial charge in [0.1, 0.15) is 0 Å². The number of H-pyrrole nitrogens is 1. The second kappa shape index (κ2) is 7.94. The molecule has 0 bridgehead atoms. The van der Waals surface area contributed by atoms with E-state index in [1.165, 1.54) is 11.1 Å². The lowest BCUT2D eigenvalue weighted by atomic mass is 9.93. The molecule has 3 aromatic rings. The van der Waals surface area contributed by atoms with E-state index in [9.17, 15) is 8.42 Å². The van der Waals surface area contributed by atoms with Crippen molar-refractivity contribution in [3.05, 3.63) is 78.0 Å².